The lowest BCUT2D eigenvalue weighted by Gasteiger charge is -2.17. The number of anilines is 1. The molecular formula is C29H24N4O2. The fourth-order valence-corrected chi connectivity index (χ4v) is 4.15. The number of hydrogen-bond acceptors (Lipinski definition) is 3. The second kappa shape index (κ2) is 9.27. The van der Waals surface area contributed by atoms with Crippen LogP contribution < -0.4 is 10.5 Å². The van der Waals surface area contributed by atoms with Gasteiger partial charge in [0.15, 0.2) is 0 Å². The van der Waals surface area contributed by atoms with E-state index < -0.39 is 0 Å². The summed E-state index contributed by atoms with van der Waals surface area (Å²) in [5.74, 6) is 0.0912. The Morgan fingerprint density at radius 2 is 1.40 bits per heavy atom. The van der Waals surface area contributed by atoms with Crippen molar-refractivity contribution < 1.29 is 4.79 Å². The van der Waals surface area contributed by atoms with Gasteiger partial charge in [-0.3, -0.25) is 19.2 Å². The molecule has 0 saturated carbocycles. The zero-order valence-electron chi connectivity index (χ0n) is 19.5. The molecule has 0 fully saturated rings. The number of carbonyl (C=O) groups is 1. The maximum atomic E-state index is 13.7. The highest BCUT2D eigenvalue weighted by molar-refractivity contribution is 6.32. The molecule has 172 valence electrons. The first-order valence-corrected chi connectivity index (χ1v) is 11.3. The fraction of sp³-hybridized carbons (Fsp3) is 0.0690. The molecule has 6 nitrogen and oxygen atoms in total. The van der Waals surface area contributed by atoms with E-state index in [0.717, 1.165) is 16.8 Å². The van der Waals surface area contributed by atoms with Crippen molar-refractivity contribution in [3.05, 3.63) is 136 Å². The summed E-state index contributed by atoms with van der Waals surface area (Å²) in [6.07, 6.45) is 5.40. The summed E-state index contributed by atoms with van der Waals surface area (Å²) in [6, 6.07) is 28.7. The average Bonchev–Trinajstić information content (AvgIpc) is 3.32. The van der Waals surface area contributed by atoms with Crippen LogP contribution in [0.25, 0.3) is 11.8 Å². The number of hydrogen-bond donors (Lipinski definition) is 0. The van der Waals surface area contributed by atoms with Crippen molar-refractivity contribution in [1.82, 2.24) is 9.36 Å². The van der Waals surface area contributed by atoms with Gasteiger partial charge in [-0.25, -0.2) is 9.67 Å². The predicted octanol–water partition coefficient (Wildman–Crippen LogP) is 4.88. The molecule has 1 aliphatic heterocycles. The number of allylic oxidation sites excluding steroid dienone is 2. The molecule has 1 aromatic heterocycles. The molecule has 0 saturated heterocycles. The van der Waals surface area contributed by atoms with Crippen molar-refractivity contribution in [1.29, 1.82) is 0 Å². The lowest BCUT2D eigenvalue weighted by atomic mass is 10.2. The molecule has 1 aliphatic rings. The number of aliphatic imine (C=N–C) groups is 1. The zero-order valence-corrected chi connectivity index (χ0v) is 19.5. The maximum absolute atomic E-state index is 13.7. The SMILES string of the molecule is Cc1c(N2C(=O)C(=CC=Cc3ccccc3)N=C2c2ccccc2)c(=O)n(-c2ccccc2)n1C. The molecule has 0 aliphatic carbocycles. The number of nitrogens with zero attached hydrogens (tertiary/aromatic N) is 4. The minimum atomic E-state index is -0.340. The normalized spacial score (nSPS) is 14.8. The summed E-state index contributed by atoms with van der Waals surface area (Å²) in [5, 5.41) is 0. The number of benzene rings is 3. The first-order chi connectivity index (χ1) is 17.1. The van der Waals surface area contributed by atoms with Crippen molar-refractivity contribution in [3.63, 3.8) is 0 Å². The highest BCUT2D eigenvalue weighted by atomic mass is 16.2. The minimum Gasteiger partial charge on any atom is -0.283 e. The van der Waals surface area contributed by atoms with Gasteiger partial charge in [-0.1, -0.05) is 91.0 Å². The fourth-order valence-electron chi connectivity index (χ4n) is 4.15. The molecule has 0 spiro atoms. The van der Waals surface area contributed by atoms with Crippen LogP contribution in [0.4, 0.5) is 5.69 Å². The Balaban J connectivity index is 1.63. The Bertz CT molecular complexity index is 1530. The van der Waals surface area contributed by atoms with Gasteiger partial charge in [0.2, 0.25) is 0 Å². The lowest BCUT2D eigenvalue weighted by molar-refractivity contribution is -0.113. The topological polar surface area (TPSA) is 59.6 Å². The van der Waals surface area contributed by atoms with Crippen LogP contribution in [0.3, 0.4) is 0 Å². The summed E-state index contributed by atoms with van der Waals surface area (Å²) in [5.41, 5.74) is 3.44. The minimum absolute atomic E-state index is 0.268. The first-order valence-electron chi connectivity index (χ1n) is 11.3. The second-order valence-electron chi connectivity index (χ2n) is 8.17. The van der Waals surface area contributed by atoms with Crippen molar-refractivity contribution in [2.45, 2.75) is 6.92 Å². The van der Waals surface area contributed by atoms with Gasteiger partial charge in [-0.2, -0.15) is 0 Å². The first kappa shape index (κ1) is 22.1. The van der Waals surface area contributed by atoms with Crippen LogP contribution in [0.5, 0.6) is 0 Å². The van der Waals surface area contributed by atoms with E-state index in [0.29, 0.717) is 17.2 Å². The van der Waals surface area contributed by atoms with Crippen molar-refractivity contribution in [2.24, 2.45) is 12.0 Å². The number of rotatable bonds is 5. The second-order valence-corrected chi connectivity index (χ2v) is 8.17. The van der Waals surface area contributed by atoms with Crippen LogP contribution in [0.1, 0.15) is 16.8 Å². The summed E-state index contributed by atoms with van der Waals surface area (Å²) in [7, 11) is 1.81. The van der Waals surface area contributed by atoms with Crippen LogP contribution in [-0.2, 0) is 11.8 Å². The Hall–Kier alpha value is -4.71. The molecule has 4 aromatic rings. The molecule has 3 aromatic carbocycles. The van der Waals surface area contributed by atoms with Gasteiger partial charge < -0.3 is 0 Å². The molecule has 2 heterocycles. The summed E-state index contributed by atoms with van der Waals surface area (Å²) in [4.78, 5) is 33.4. The standard InChI is InChI=1S/C29H24N4O2/c1-21-26(29(35)33(31(21)2)24-18-10-5-11-19-24)32-27(23-16-8-4-9-17-23)30-25(28(32)34)20-12-15-22-13-6-3-7-14-22/h3-20H,1-2H3. The van der Waals surface area contributed by atoms with Crippen LogP contribution >= 0.6 is 0 Å². The quantitative estimate of drug-likeness (QED) is 0.399. The summed E-state index contributed by atoms with van der Waals surface area (Å²) >= 11 is 0. The molecular weight excluding hydrogens is 436 g/mol. The molecule has 5 rings (SSSR count). The largest absolute Gasteiger partial charge is 0.296 e. The monoisotopic (exact) mass is 460 g/mol. The van der Waals surface area contributed by atoms with Gasteiger partial charge in [0.05, 0.1) is 11.4 Å². The van der Waals surface area contributed by atoms with E-state index in [1.54, 1.807) is 21.5 Å². The highest BCUT2D eigenvalue weighted by Crippen LogP contribution is 2.28. The average molecular weight is 461 g/mol. The molecule has 0 radical (unpaired) electrons. The van der Waals surface area contributed by atoms with Gasteiger partial charge in [0.25, 0.3) is 11.5 Å². The lowest BCUT2D eigenvalue weighted by Crippen LogP contribution is -2.36. The summed E-state index contributed by atoms with van der Waals surface area (Å²) < 4.78 is 3.33. The Kier molecular flexibility index (Phi) is 5.85. The van der Waals surface area contributed by atoms with E-state index in [-0.39, 0.29) is 17.2 Å². The smallest absolute Gasteiger partial charge is 0.283 e. The van der Waals surface area contributed by atoms with E-state index in [2.05, 4.69) is 4.99 Å². The van der Waals surface area contributed by atoms with Gasteiger partial charge in [0.1, 0.15) is 17.2 Å². The van der Waals surface area contributed by atoms with Crippen LogP contribution in [0.15, 0.2) is 119 Å². The van der Waals surface area contributed by atoms with Gasteiger partial charge in [-0.05, 0) is 30.7 Å². The van der Waals surface area contributed by atoms with Crippen LogP contribution in [-0.4, -0.2) is 21.1 Å². The molecule has 0 unspecified atom stereocenters. The van der Waals surface area contributed by atoms with E-state index >= 15 is 0 Å². The Morgan fingerprint density at radius 3 is 2.06 bits per heavy atom. The third-order valence-corrected chi connectivity index (χ3v) is 5.98. The number of carbonyl (C=O) groups excluding carboxylic acids is 1. The van der Waals surface area contributed by atoms with Crippen molar-refractivity contribution in [3.8, 4) is 5.69 Å². The van der Waals surface area contributed by atoms with Gasteiger partial charge >= 0.3 is 0 Å². The van der Waals surface area contributed by atoms with Crippen molar-refractivity contribution >= 4 is 23.5 Å². The third kappa shape index (κ3) is 4.06. The van der Waals surface area contributed by atoms with Crippen LogP contribution in [0, 0.1) is 6.92 Å². The number of para-hydroxylation sites is 1. The molecule has 0 bridgehead atoms. The third-order valence-electron chi connectivity index (χ3n) is 5.98. The molecule has 6 heteroatoms. The van der Waals surface area contributed by atoms with E-state index in [1.165, 1.54) is 4.90 Å². The van der Waals surface area contributed by atoms with Gasteiger partial charge in [-0.15, -0.1) is 0 Å². The number of amidine groups is 1. The molecule has 1 amide bonds. The zero-order chi connectivity index (χ0) is 24.4. The van der Waals surface area contributed by atoms with Crippen molar-refractivity contribution in [2.75, 3.05) is 4.90 Å². The number of aromatic nitrogens is 2. The number of amides is 1. The van der Waals surface area contributed by atoms with E-state index in [1.807, 2.05) is 111 Å². The van der Waals surface area contributed by atoms with E-state index in [4.69, 9.17) is 0 Å². The predicted molar refractivity (Wildman–Crippen MR) is 140 cm³/mol. The molecule has 35 heavy (non-hydrogen) atoms. The summed E-state index contributed by atoms with van der Waals surface area (Å²) in [6.45, 7) is 1.84. The molecule has 0 atom stereocenters. The molecule has 0 N–H and O–H groups in total. The Morgan fingerprint density at radius 1 is 0.800 bits per heavy atom. The van der Waals surface area contributed by atoms with Gasteiger partial charge in [0, 0.05) is 12.6 Å². The Labute approximate surface area is 203 Å². The van der Waals surface area contributed by atoms with E-state index in [9.17, 15) is 9.59 Å². The highest BCUT2D eigenvalue weighted by Gasteiger charge is 2.36. The van der Waals surface area contributed by atoms with Crippen LogP contribution in [0.2, 0.25) is 0 Å². The maximum Gasteiger partial charge on any atom is 0.296 e.